The lowest BCUT2D eigenvalue weighted by atomic mass is 10.1. The molecule has 0 bridgehead atoms. The predicted octanol–water partition coefficient (Wildman–Crippen LogP) is 4.66. The average Bonchev–Trinajstić information content (AvgIpc) is 3.13. The van der Waals surface area contributed by atoms with Crippen molar-refractivity contribution in [1.29, 1.82) is 5.41 Å². The number of para-hydroxylation sites is 1. The number of nitrogens with two attached hydrogens (primary N) is 1. The highest BCUT2D eigenvalue weighted by atomic mass is 16.5. The topological polar surface area (TPSA) is 80.4 Å². The third-order valence-corrected chi connectivity index (χ3v) is 5.06. The van der Waals surface area contributed by atoms with Crippen molar-refractivity contribution in [2.75, 3.05) is 11.9 Å². The molecule has 3 aromatic carbocycles. The molecule has 0 heterocycles. The Morgan fingerprint density at radius 1 is 0.966 bits per heavy atom. The number of nitrogens with one attached hydrogen (secondary N) is 2. The van der Waals surface area contributed by atoms with Crippen LogP contribution in [-0.4, -0.2) is 18.5 Å². The van der Waals surface area contributed by atoms with Crippen LogP contribution >= 0.6 is 0 Å². The molecule has 0 saturated heterocycles. The second kappa shape index (κ2) is 8.27. The average molecular weight is 387 g/mol. The van der Waals surface area contributed by atoms with E-state index in [1.54, 1.807) is 0 Å². The van der Waals surface area contributed by atoms with Gasteiger partial charge in [0.2, 0.25) is 0 Å². The smallest absolute Gasteiger partial charge is 0.147 e. The molecule has 0 aromatic heterocycles. The fourth-order valence-corrected chi connectivity index (χ4v) is 3.67. The Balaban J connectivity index is 1.59. The van der Waals surface area contributed by atoms with Crippen LogP contribution in [0.3, 0.4) is 0 Å². The van der Waals surface area contributed by atoms with Gasteiger partial charge >= 0.3 is 0 Å². The molecule has 0 unspecified atom stereocenters. The largest absolute Gasteiger partial charge is 0.492 e. The number of amidine groups is 1. The summed E-state index contributed by atoms with van der Waals surface area (Å²) in [4.78, 5) is 0. The molecule has 0 fully saturated rings. The van der Waals surface area contributed by atoms with E-state index in [9.17, 15) is 0 Å². The van der Waals surface area contributed by atoms with E-state index in [1.807, 2.05) is 49.4 Å². The lowest BCUT2D eigenvalue weighted by molar-refractivity contribution is 0.214. The standard InChI is InChI=1S/C24H25N3O2/c1-2-28-21-8-5-9-22(29-20-14-17-6-3-4-7-18(17)15-20)23(21)27-19-12-10-16(11-13-19)24(25)26/h3-13,20,27H,2,14-15H2,1H3,(H3,25,26). The van der Waals surface area contributed by atoms with Crippen LogP contribution in [0.1, 0.15) is 23.6 Å². The van der Waals surface area contributed by atoms with Crippen molar-refractivity contribution in [2.24, 2.45) is 5.73 Å². The molecule has 0 atom stereocenters. The van der Waals surface area contributed by atoms with Crippen molar-refractivity contribution in [3.8, 4) is 11.5 Å². The quantitative estimate of drug-likeness (QED) is 0.407. The minimum absolute atomic E-state index is 0.0519. The molecular formula is C24H25N3O2. The Labute approximate surface area is 171 Å². The Morgan fingerprint density at radius 2 is 1.62 bits per heavy atom. The van der Waals surface area contributed by atoms with Crippen LogP contribution in [0.2, 0.25) is 0 Å². The number of nitrogen functional groups attached to an aromatic ring is 1. The van der Waals surface area contributed by atoms with E-state index in [0.29, 0.717) is 12.2 Å². The van der Waals surface area contributed by atoms with E-state index in [4.69, 9.17) is 20.6 Å². The van der Waals surface area contributed by atoms with Crippen molar-refractivity contribution in [3.63, 3.8) is 0 Å². The Hall–Kier alpha value is -3.47. The third-order valence-electron chi connectivity index (χ3n) is 5.06. The maximum absolute atomic E-state index is 7.55. The number of rotatable bonds is 7. The summed E-state index contributed by atoms with van der Waals surface area (Å²) in [7, 11) is 0. The van der Waals surface area contributed by atoms with Crippen LogP contribution in [0, 0.1) is 5.41 Å². The van der Waals surface area contributed by atoms with Gasteiger partial charge < -0.3 is 20.5 Å². The first-order chi connectivity index (χ1) is 14.1. The molecule has 29 heavy (non-hydrogen) atoms. The van der Waals surface area contributed by atoms with E-state index < -0.39 is 0 Å². The fourth-order valence-electron chi connectivity index (χ4n) is 3.67. The molecular weight excluding hydrogens is 362 g/mol. The minimum Gasteiger partial charge on any atom is -0.492 e. The molecule has 0 amide bonds. The fraction of sp³-hybridized carbons (Fsp3) is 0.208. The van der Waals surface area contributed by atoms with E-state index >= 15 is 0 Å². The van der Waals surface area contributed by atoms with E-state index in [0.717, 1.165) is 35.7 Å². The highest BCUT2D eigenvalue weighted by molar-refractivity contribution is 5.95. The van der Waals surface area contributed by atoms with Crippen LogP contribution in [0.15, 0.2) is 66.7 Å². The second-order valence-electron chi connectivity index (χ2n) is 7.10. The van der Waals surface area contributed by atoms with E-state index in [2.05, 4.69) is 29.6 Å². The monoisotopic (exact) mass is 387 g/mol. The Kier molecular flexibility index (Phi) is 5.38. The molecule has 3 aromatic rings. The van der Waals surface area contributed by atoms with Crippen molar-refractivity contribution in [1.82, 2.24) is 0 Å². The van der Waals surface area contributed by atoms with Gasteiger partial charge in [0.15, 0.2) is 0 Å². The summed E-state index contributed by atoms with van der Waals surface area (Å²) in [5, 5.41) is 11.0. The van der Waals surface area contributed by atoms with Gasteiger partial charge in [-0.25, -0.2) is 0 Å². The van der Waals surface area contributed by atoms with Crippen molar-refractivity contribution in [2.45, 2.75) is 25.9 Å². The molecule has 148 valence electrons. The summed E-state index contributed by atoms with van der Waals surface area (Å²) in [6.45, 7) is 2.53. The third kappa shape index (κ3) is 4.19. The zero-order valence-electron chi connectivity index (χ0n) is 16.4. The highest BCUT2D eigenvalue weighted by Gasteiger charge is 2.24. The molecule has 4 rings (SSSR count). The first kappa shape index (κ1) is 18.9. The minimum atomic E-state index is 0.0519. The van der Waals surface area contributed by atoms with Crippen molar-refractivity contribution < 1.29 is 9.47 Å². The molecule has 0 radical (unpaired) electrons. The second-order valence-corrected chi connectivity index (χ2v) is 7.10. The van der Waals surface area contributed by atoms with Crippen molar-refractivity contribution >= 4 is 17.2 Å². The normalized spacial score (nSPS) is 13.0. The SMILES string of the molecule is CCOc1cccc(OC2Cc3ccccc3C2)c1Nc1ccc(C(=N)N)cc1. The lowest BCUT2D eigenvalue weighted by Gasteiger charge is -2.20. The van der Waals surface area contributed by atoms with Crippen LogP contribution < -0.4 is 20.5 Å². The Morgan fingerprint density at radius 3 is 2.24 bits per heavy atom. The number of benzene rings is 3. The van der Waals surface area contributed by atoms with Gasteiger partial charge in [0.1, 0.15) is 29.1 Å². The molecule has 0 spiro atoms. The molecule has 0 aliphatic heterocycles. The summed E-state index contributed by atoms with van der Waals surface area (Å²) in [5.41, 5.74) is 10.6. The number of anilines is 2. The molecule has 5 heteroatoms. The van der Waals surface area contributed by atoms with Gasteiger partial charge in [0.05, 0.1) is 6.61 Å². The first-order valence-corrected chi connectivity index (χ1v) is 9.84. The summed E-state index contributed by atoms with van der Waals surface area (Å²) < 4.78 is 12.3. The zero-order valence-corrected chi connectivity index (χ0v) is 16.4. The maximum Gasteiger partial charge on any atom is 0.147 e. The molecule has 4 N–H and O–H groups in total. The van der Waals surface area contributed by atoms with Gasteiger partial charge in [0.25, 0.3) is 0 Å². The van der Waals surface area contributed by atoms with Crippen LogP contribution in [0.4, 0.5) is 11.4 Å². The maximum atomic E-state index is 7.55. The van der Waals surface area contributed by atoms with Crippen LogP contribution in [-0.2, 0) is 12.8 Å². The summed E-state index contributed by atoms with van der Waals surface area (Å²) in [6.07, 6.45) is 1.91. The number of hydrogen-bond acceptors (Lipinski definition) is 4. The van der Waals surface area contributed by atoms with Crippen LogP contribution in [0.5, 0.6) is 11.5 Å². The first-order valence-electron chi connectivity index (χ1n) is 9.84. The number of fused-ring (bicyclic) bond motifs is 1. The van der Waals surface area contributed by atoms with Gasteiger partial charge in [-0.1, -0.05) is 30.3 Å². The predicted molar refractivity (Wildman–Crippen MR) is 117 cm³/mol. The lowest BCUT2D eigenvalue weighted by Crippen LogP contribution is -2.17. The molecule has 0 saturated carbocycles. The zero-order chi connectivity index (χ0) is 20.2. The van der Waals surface area contributed by atoms with E-state index in [1.165, 1.54) is 11.1 Å². The summed E-state index contributed by atoms with van der Waals surface area (Å²) in [6, 6.07) is 21.8. The van der Waals surface area contributed by atoms with E-state index in [-0.39, 0.29) is 11.9 Å². The van der Waals surface area contributed by atoms with Gasteiger partial charge in [-0.3, -0.25) is 5.41 Å². The number of hydrogen-bond donors (Lipinski definition) is 3. The van der Waals surface area contributed by atoms with Gasteiger partial charge in [0, 0.05) is 24.1 Å². The van der Waals surface area contributed by atoms with Crippen LogP contribution in [0.25, 0.3) is 0 Å². The molecule has 5 nitrogen and oxygen atoms in total. The van der Waals surface area contributed by atoms with Gasteiger partial charge in [-0.2, -0.15) is 0 Å². The number of ether oxygens (including phenoxy) is 2. The van der Waals surface area contributed by atoms with Crippen molar-refractivity contribution in [3.05, 3.63) is 83.4 Å². The Bertz CT molecular complexity index is 990. The van der Waals surface area contributed by atoms with Gasteiger partial charge in [-0.15, -0.1) is 0 Å². The van der Waals surface area contributed by atoms with Gasteiger partial charge in [-0.05, 0) is 54.4 Å². The highest BCUT2D eigenvalue weighted by Crippen LogP contribution is 2.39. The molecule has 1 aliphatic carbocycles. The molecule has 1 aliphatic rings. The summed E-state index contributed by atoms with van der Waals surface area (Å²) in [5.74, 6) is 1.57. The summed E-state index contributed by atoms with van der Waals surface area (Å²) >= 11 is 0.